The van der Waals surface area contributed by atoms with Crippen LogP contribution < -0.4 is 5.32 Å². The minimum absolute atomic E-state index is 0.0110. The van der Waals surface area contributed by atoms with Crippen molar-refractivity contribution in [2.45, 2.75) is 68.9 Å². The monoisotopic (exact) mass is 434 g/mol. The standard InChI is InChI=1S/C26H34N4O2/c1-26-11-10-18-17-5-3-2-4-16(17)6-7-19(18)24(26)20(21-14-28-29-25(21)26)8-9-23(32)30-13-12-27-22(31)15-30/h2-5,14,18-20,23-24,32H,6-13,15H2,1H3,(H,27,31)(H,28,29)/t18?,19?,20-,23?,24?,26+/m1/s1. The number of H-pyrrole nitrogens is 1. The molecule has 3 aliphatic carbocycles. The number of carbonyl (C=O) groups excluding carboxylic acids is 1. The van der Waals surface area contributed by atoms with Crippen LogP contribution in [0, 0.1) is 11.8 Å². The van der Waals surface area contributed by atoms with Crippen LogP contribution in [0.4, 0.5) is 0 Å². The third kappa shape index (κ3) is 3.06. The molecule has 1 aromatic carbocycles. The number of benzene rings is 1. The predicted molar refractivity (Wildman–Crippen MR) is 122 cm³/mol. The number of carbonyl (C=O) groups is 1. The molecule has 6 heteroatoms. The van der Waals surface area contributed by atoms with E-state index < -0.39 is 6.23 Å². The molecule has 3 N–H and O–H groups in total. The first kappa shape index (κ1) is 20.4. The van der Waals surface area contributed by atoms with Crippen molar-refractivity contribution in [3.05, 3.63) is 52.8 Å². The van der Waals surface area contributed by atoms with Gasteiger partial charge in [-0.15, -0.1) is 0 Å². The molecule has 1 saturated heterocycles. The van der Waals surface area contributed by atoms with Crippen LogP contribution in [0.1, 0.15) is 73.2 Å². The van der Waals surface area contributed by atoms with Crippen LogP contribution in [0.5, 0.6) is 0 Å². The zero-order valence-electron chi connectivity index (χ0n) is 18.9. The lowest BCUT2D eigenvalue weighted by Crippen LogP contribution is -2.51. The van der Waals surface area contributed by atoms with E-state index in [2.05, 4.69) is 47.8 Å². The summed E-state index contributed by atoms with van der Waals surface area (Å²) in [6.45, 7) is 4.08. The number of aromatic amines is 1. The smallest absolute Gasteiger partial charge is 0.234 e. The molecule has 6 atom stereocenters. The number of hydrogen-bond donors (Lipinski definition) is 3. The Labute approximate surface area is 189 Å². The molecule has 6 nitrogen and oxygen atoms in total. The summed E-state index contributed by atoms with van der Waals surface area (Å²) in [5.74, 6) is 2.31. The molecule has 2 aromatic rings. The van der Waals surface area contributed by atoms with Crippen LogP contribution in [0.25, 0.3) is 0 Å². The second kappa shape index (κ2) is 7.70. The summed E-state index contributed by atoms with van der Waals surface area (Å²) in [6.07, 6.45) is 8.04. The Kier molecular flexibility index (Phi) is 4.92. The minimum atomic E-state index is -0.560. The fourth-order valence-electron chi connectivity index (χ4n) is 7.78. The summed E-state index contributed by atoms with van der Waals surface area (Å²) in [4.78, 5) is 13.7. The second-order valence-electron chi connectivity index (χ2n) is 10.7. The fraction of sp³-hybridized carbons (Fsp3) is 0.615. The summed E-state index contributed by atoms with van der Waals surface area (Å²) in [5.41, 5.74) is 5.89. The average molecular weight is 435 g/mol. The molecule has 2 fully saturated rings. The van der Waals surface area contributed by atoms with Gasteiger partial charge in [0.25, 0.3) is 0 Å². The largest absolute Gasteiger partial charge is 0.378 e. The number of aryl methyl sites for hydroxylation is 1. The maximum Gasteiger partial charge on any atom is 0.234 e. The first-order valence-electron chi connectivity index (χ1n) is 12.4. The Hall–Kier alpha value is -2.18. The molecule has 4 unspecified atom stereocenters. The van der Waals surface area contributed by atoms with Gasteiger partial charge in [-0.05, 0) is 78.9 Å². The normalized spacial score (nSPS) is 34.8. The summed E-state index contributed by atoms with van der Waals surface area (Å²) in [7, 11) is 0. The van der Waals surface area contributed by atoms with Gasteiger partial charge in [-0.3, -0.25) is 14.8 Å². The molecule has 6 rings (SSSR count). The van der Waals surface area contributed by atoms with Gasteiger partial charge in [0, 0.05) is 24.7 Å². The molecule has 32 heavy (non-hydrogen) atoms. The zero-order chi connectivity index (χ0) is 21.9. The number of aromatic nitrogens is 2. The van der Waals surface area contributed by atoms with Crippen LogP contribution in [0.3, 0.4) is 0 Å². The molecule has 1 amide bonds. The number of nitrogens with zero attached hydrogens (tertiary/aromatic N) is 2. The highest BCUT2D eigenvalue weighted by Gasteiger charge is 2.58. The Balaban J connectivity index is 1.28. The number of rotatable bonds is 4. The van der Waals surface area contributed by atoms with Crippen molar-refractivity contribution in [2.24, 2.45) is 11.8 Å². The van der Waals surface area contributed by atoms with E-state index >= 15 is 0 Å². The lowest BCUT2D eigenvalue weighted by Gasteiger charge is -2.50. The SMILES string of the molecule is C[C@]12CCC3c4ccccc4CCC3C1[C@H](CCC(O)N1CCNC(=O)C1)c1c[nH]nc12. The van der Waals surface area contributed by atoms with E-state index in [9.17, 15) is 9.90 Å². The summed E-state index contributed by atoms with van der Waals surface area (Å²) < 4.78 is 0. The summed E-state index contributed by atoms with van der Waals surface area (Å²) in [5, 5.41) is 21.7. The van der Waals surface area contributed by atoms with Gasteiger partial charge in [0.1, 0.15) is 6.23 Å². The highest BCUT2D eigenvalue weighted by Crippen LogP contribution is 2.64. The quantitative estimate of drug-likeness (QED) is 0.691. The number of aliphatic hydroxyl groups is 1. The highest BCUT2D eigenvalue weighted by molar-refractivity contribution is 5.78. The van der Waals surface area contributed by atoms with Crippen LogP contribution in [-0.4, -0.2) is 52.0 Å². The molecule has 1 aromatic heterocycles. The number of nitrogens with one attached hydrogen (secondary N) is 2. The summed E-state index contributed by atoms with van der Waals surface area (Å²) >= 11 is 0. The molecule has 0 bridgehead atoms. The van der Waals surface area contributed by atoms with Crippen molar-refractivity contribution in [3.8, 4) is 0 Å². The average Bonchev–Trinajstić information content (AvgIpc) is 3.38. The van der Waals surface area contributed by atoms with Crippen molar-refractivity contribution in [2.75, 3.05) is 19.6 Å². The highest BCUT2D eigenvalue weighted by atomic mass is 16.3. The number of amides is 1. The van der Waals surface area contributed by atoms with Crippen LogP contribution in [0.2, 0.25) is 0 Å². The second-order valence-corrected chi connectivity index (χ2v) is 10.7. The number of hydrogen-bond acceptors (Lipinski definition) is 4. The summed E-state index contributed by atoms with van der Waals surface area (Å²) in [6, 6.07) is 9.07. The van der Waals surface area contributed by atoms with E-state index in [0.29, 0.717) is 43.2 Å². The number of fused-ring (bicyclic) bond motifs is 7. The van der Waals surface area contributed by atoms with Crippen LogP contribution >= 0.6 is 0 Å². The lowest BCUT2D eigenvalue weighted by atomic mass is 9.53. The maximum atomic E-state index is 11.8. The molecule has 0 spiro atoms. The van der Waals surface area contributed by atoms with E-state index in [4.69, 9.17) is 5.10 Å². The van der Waals surface area contributed by atoms with Crippen LogP contribution in [0.15, 0.2) is 30.5 Å². The van der Waals surface area contributed by atoms with E-state index in [1.54, 1.807) is 11.1 Å². The van der Waals surface area contributed by atoms with Gasteiger partial charge in [0.15, 0.2) is 0 Å². The number of aliphatic hydroxyl groups excluding tert-OH is 1. The Morgan fingerprint density at radius 1 is 1.28 bits per heavy atom. The van der Waals surface area contributed by atoms with Crippen molar-refractivity contribution >= 4 is 5.91 Å². The Morgan fingerprint density at radius 2 is 2.16 bits per heavy atom. The molecule has 1 saturated carbocycles. The number of piperazine rings is 1. The first-order valence-corrected chi connectivity index (χ1v) is 12.4. The van der Waals surface area contributed by atoms with Gasteiger partial charge in [-0.1, -0.05) is 31.2 Å². The van der Waals surface area contributed by atoms with E-state index in [0.717, 1.165) is 13.0 Å². The third-order valence-corrected chi connectivity index (χ3v) is 9.16. The molecular formula is C26H34N4O2. The predicted octanol–water partition coefficient (Wildman–Crippen LogP) is 3.05. The zero-order valence-corrected chi connectivity index (χ0v) is 18.9. The Morgan fingerprint density at radius 3 is 3.03 bits per heavy atom. The van der Waals surface area contributed by atoms with Crippen molar-refractivity contribution in [3.63, 3.8) is 0 Å². The van der Waals surface area contributed by atoms with Gasteiger partial charge in [-0.2, -0.15) is 5.10 Å². The molecule has 170 valence electrons. The van der Waals surface area contributed by atoms with E-state index in [1.807, 2.05) is 4.90 Å². The van der Waals surface area contributed by atoms with Gasteiger partial charge in [0.2, 0.25) is 5.91 Å². The molecular weight excluding hydrogens is 400 g/mol. The van der Waals surface area contributed by atoms with Gasteiger partial charge >= 0.3 is 0 Å². The Bertz CT molecular complexity index is 1020. The van der Waals surface area contributed by atoms with Crippen molar-refractivity contribution in [1.29, 1.82) is 0 Å². The fourth-order valence-corrected chi connectivity index (χ4v) is 7.78. The van der Waals surface area contributed by atoms with Gasteiger partial charge in [0.05, 0.1) is 12.2 Å². The molecule has 4 aliphatic rings. The topological polar surface area (TPSA) is 81.2 Å². The van der Waals surface area contributed by atoms with E-state index in [-0.39, 0.29) is 11.3 Å². The van der Waals surface area contributed by atoms with Gasteiger partial charge < -0.3 is 10.4 Å². The van der Waals surface area contributed by atoms with Gasteiger partial charge in [-0.25, -0.2) is 0 Å². The maximum absolute atomic E-state index is 11.8. The molecule has 1 aliphatic heterocycles. The van der Waals surface area contributed by atoms with E-state index in [1.165, 1.54) is 36.9 Å². The minimum Gasteiger partial charge on any atom is -0.378 e. The molecule has 2 heterocycles. The van der Waals surface area contributed by atoms with Crippen molar-refractivity contribution < 1.29 is 9.90 Å². The lowest BCUT2D eigenvalue weighted by molar-refractivity contribution is -0.128. The molecule has 0 radical (unpaired) electrons. The third-order valence-electron chi connectivity index (χ3n) is 9.16. The first-order chi connectivity index (χ1) is 15.6. The van der Waals surface area contributed by atoms with Crippen LogP contribution in [-0.2, 0) is 16.6 Å². The van der Waals surface area contributed by atoms with Crippen molar-refractivity contribution in [1.82, 2.24) is 20.4 Å².